The van der Waals surface area contributed by atoms with E-state index in [-0.39, 0.29) is 18.0 Å². The van der Waals surface area contributed by atoms with Crippen LogP contribution in [0.15, 0.2) is 29.6 Å². The normalized spacial score (nSPS) is 21.4. The number of aromatic nitrogens is 4. The van der Waals surface area contributed by atoms with Crippen molar-refractivity contribution in [2.24, 2.45) is 7.05 Å². The molecule has 9 nitrogen and oxygen atoms in total. The van der Waals surface area contributed by atoms with Crippen molar-refractivity contribution >= 4 is 16.0 Å². The second-order valence-corrected chi connectivity index (χ2v) is 7.76. The van der Waals surface area contributed by atoms with Crippen LogP contribution in [-0.2, 0) is 17.1 Å². The van der Waals surface area contributed by atoms with Crippen LogP contribution in [0.4, 0.5) is 5.95 Å². The molecule has 1 aliphatic heterocycles. The number of nitrogens with one attached hydrogen (secondary N) is 1. The van der Waals surface area contributed by atoms with Gasteiger partial charge in [0.1, 0.15) is 4.90 Å². The van der Waals surface area contributed by atoms with Gasteiger partial charge in [-0.15, -0.1) is 0 Å². The van der Waals surface area contributed by atoms with E-state index in [4.69, 9.17) is 0 Å². The van der Waals surface area contributed by atoms with Crippen LogP contribution in [0.5, 0.6) is 0 Å². The lowest BCUT2D eigenvalue weighted by molar-refractivity contribution is 0.0685. The molecule has 1 atom stereocenters. The average Bonchev–Trinajstić information content (AvgIpc) is 3.10. The van der Waals surface area contributed by atoms with Gasteiger partial charge in [0.25, 0.3) is 0 Å². The lowest BCUT2D eigenvalue weighted by Gasteiger charge is -2.23. The van der Waals surface area contributed by atoms with Crippen molar-refractivity contribution in [3.8, 4) is 0 Å². The summed E-state index contributed by atoms with van der Waals surface area (Å²) in [5.41, 5.74) is -0.745. The van der Waals surface area contributed by atoms with Crippen LogP contribution in [-0.4, -0.2) is 58.5 Å². The smallest absolute Gasteiger partial charge is 0.244 e. The van der Waals surface area contributed by atoms with Crippen molar-refractivity contribution in [2.45, 2.75) is 23.8 Å². The number of aliphatic hydroxyl groups is 1. The highest BCUT2D eigenvalue weighted by molar-refractivity contribution is 7.89. The fourth-order valence-corrected chi connectivity index (χ4v) is 4.11. The molecule has 10 heteroatoms. The van der Waals surface area contributed by atoms with Crippen molar-refractivity contribution in [1.82, 2.24) is 24.5 Å². The summed E-state index contributed by atoms with van der Waals surface area (Å²) in [6.45, 7) is 2.39. The third kappa shape index (κ3) is 3.40. The lowest BCUT2D eigenvalue weighted by atomic mass is 10.0. The van der Waals surface area contributed by atoms with E-state index in [0.29, 0.717) is 24.6 Å². The van der Waals surface area contributed by atoms with Gasteiger partial charge in [0.05, 0.1) is 17.8 Å². The van der Waals surface area contributed by atoms with Crippen LogP contribution in [0.3, 0.4) is 0 Å². The third-order valence-electron chi connectivity index (χ3n) is 4.02. The van der Waals surface area contributed by atoms with Gasteiger partial charge in [0.2, 0.25) is 16.0 Å². The first kappa shape index (κ1) is 16.8. The van der Waals surface area contributed by atoms with Gasteiger partial charge in [-0.1, -0.05) is 0 Å². The molecule has 2 aromatic rings. The molecule has 1 saturated heterocycles. The highest BCUT2D eigenvalue weighted by Crippen LogP contribution is 2.24. The zero-order valence-corrected chi connectivity index (χ0v) is 14.4. The van der Waals surface area contributed by atoms with Gasteiger partial charge in [-0.05, 0) is 19.4 Å². The van der Waals surface area contributed by atoms with E-state index in [0.717, 1.165) is 0 Å². The minimum Gasteiger partial charge on any atom is -0.387 e. The number of β-amino-alcohol motifs (C(OH)–C–C–N with tert-alkyl or cyclic N) is 1. The van der Waals surface area contributed by atoms with Gasteiger partial charge in [-0.2, -0.15) is 5.10 Å². The summed E-state index contributed by atoms with van der Waals surface area (Å²) >= 11 is 0. The minimum absolute atomic E-state index is 0.0764. The molecule has 24 heavy (non-hydrogen) atoms. The largest absolute Gasteiger partial charge is 0.387 e. The molecule has 0 aliphatic carbocycles. The maximum Gasteiger partial charge on any atom is 0.244 e. The molecule has 0 amide bonds. The number of rotatable bonds is 5. The molecule has 3 rings (SSSR count). The summed E-state index contributed by atoms with van der Waals surface area (Å²) in [6.07, 6.45) is 5.14. The molecule has 2 N–H and O–H groups in total. The number of anilines is 1. The quantitative estimate of drug-likeness (QED) is 0.741. The maximum absolute atomic E-state index is 12.4. The van der Waals surface area contributed by atoms with Gasteiger partial charge in [0.15, 0.2) is 0 Å². The van der Waals surface area contributed by atoms with E-state index in [9.17, 15) is 13.5 Å². The van der Waals surface area contributed by atoms with Crippen molar-refractivity contribution in [3.63, 3.8) is 0 Å². The van der Waals surface area contributed by atoms with E-state index in [1.165, 1.54) is 10.9 Å². The van der Waals surface area contributed by atoms with Gasteiger partial charge in [-0.3, -0.25) is 4.68 Å². The molecule has 0 aromatic carbocycles. The summed E-state index contributed by atoms with van der Waals surface area (Å²) in [5, 5.41) is 14.7. The van der Waals surface area contributed by atoms with Gasteiger partial charge in [0, 0.05) is 38.7 Å². The monoisotopic (exact) mass is 352 g/mol. The highest BCUT2D eigenvalue weighted by Gasteiger charge is 2.38. The van der Waals surface area contributed by atoms with Crippen LogP contribution in [0.2, 0.25) is 0 Å². The summed E-state index contributed by atoms with van der Waals surface area (Å²) in [6, 6.07) is 1.72. The minimum atomic E-state index is -3.72. The molecule has 1 aliphatic rings. The van der Waals surface area contributed by atoms with E-state index in [1.54, 1.807) is 32.4 Å². The summed E-state index contributed by atoms with van der Waals surface area (Å²) in [4.78, 5) is 10.3. The predicted molar refractivity (Wildman–Crippen MR) is 86.9 cm³/mol. The molecule has 3 heterocycles. The van der Waals surface area contributed by atoms with E-state index in [1.807, 2.05) is 4.90 Å². The Morgan fingerprint density at radius 3 is 2.71 bits per heavy atom. The Hall–Kier alpha value is -2.04. The number of aryl methyl sites for hydroxylation is 2. The lowest BCUT2D eigenvalue weighted by Crippen LogP contribution is -2.45. The number of nitrogens with zero attached hydrogens (tertiary/aromatic N) is 5. The Kier molecular flexibility index (Phi) is 4.28. The molecular weight excluding hydrogens is 332 g/mol. The molecule has 0 radical (unpaired) electrons. The Morgan fingerprint density at radius 1 is 1.38 bits per heavy atom. The first-order valence-corrected chi connectivity index (χ1v) is 9.02. The average molecular weight is 352 g/mol. The molecule has 0 saturated carbocycles. The van der Waals surface area contributed by atoms with Gasteiger partial charge in [-0.25, -0.2) is 23.1 Å². The fraction of sp³-hybridized carbons (Fsp3) is 0.500. The van der Waals surface area contributed by atoms with Crippen molar-refractivity contribution in [1.29, 1.82) is 0 Å². The summed E-state index contributed by atoms with van der Waals surface area (Å²) in [5.74, 6) is 0.527. The standard InChI is InChI=1S/C14H20N6O3S/c1-11-12(8-19(2)18-11)24(22,23)17-9-14(21)4-7-20(10-14)13-15-5-3-6-16-13/h3,5-6,8,17,21H,4,7,9-10H2,1-2H3/t14-/m0/s1. The summed E-state index contributed by atoms with van der Waals surface area (Å²) < 4.78 is 28.7. The van der Waals surface area contributed by atoms with Crippen LogP contribution in [0.25, 0.3) is 0 Å². The molecule has 130 valence electrons. The second-order valence-electron chi connectivity index (χ2n) is 6.02. The Morgan fingerprint density at radius 2 is 2.08 bits per heavy atom. The second kappa shape index (κ2) is 6.11. The highest BCUT2D eigenvalue weighted by atomic mass is 32.2. The number of hydrogen-bond acceptors (Lipinski definition) is 7. The molecule has 2 aromatic heterocycles. The van der Waals surface area contributed by atoms with Crippen LogP contribution in [0, 0.1) is 6.92 Å². The third-order valence-corrected chi connectivity index (χ3v) is 5.52. The van der Waals surface area contributed by atoms with Gasteiger partial charge < -0.3 is 10.0 Å². The number of sulfonamides is 1. The molecule has 0 unspecified atom stereocenters. The molecule has 0 bridgehead atoms. The van der Waals surface area contributed by atoms with Crippen molar-refractivity contribution in [2.75, 3.05) is 24.5 Å². The van der Waals surface area contributed by atoms with Crippen molar-refractivity contribution in [3.05, 3.63) is 30.4 Å². The molecular formula is C14H20N6O3S. The maximum atomic E-state index is 12.4. The van der Waals surface area contributed by atoms with Gasteiger partial charge >= 0.3 is 0 Å². The molecule has 0 spiro atoms. The zero-order valence-electron chi connectivity index (χ0n) is 13.5. The van der Waals surface area contributed by atoms with E-state index >= 15 is 0 Å². The predicted octanol–water partition coefficient (Wildman–Crippen LogP) is -0.562. The Bertz CT molecular complexity index is 822. The SMILES string of the molecule is Cc1nn(C)cc1S(=O)(=O)NC[C@@]1(O)CCN(c2ncccn2)C1. The van der Waals surface area contributed by atoms with Crippen LogP contribution < -0.4 is 9.62 Å². The van der Waals surface area contributed by atoms with Crippen LogP contribution in [0.1, 0.15) is 12.1 Å². The van der Waals surface area contributed by atoms with E-state index < -0.39 is 15.6 Å². The van der Waals surface area contributed by atoms with Crippen molar-refractivity contribution < 1.29 is 13.5 Å². The summed E-state index contributed by atoms with van der Waals surface area (Å²) in [7, 11) is -2.06. The number of hydrogen-bond donors (Lipinski definition) is 2. The first-order chi connectivity index (χ1) is 11.3. The van der Waals surface area contributed by atoms with Crippen LogP contribution >= 0.6 is 0 Å². The Labute approximate surface area is 140 Å². The zero-order chi connectivity index (χ0) is 17.4. The molecule has 1 fully saturated rings. The fourth-order valence-electron chi connectivity index (χ4n) is 2.77. The Balaban J connectivity index is 1.67. The van der Waals surface area contributed by atoms with E-state index in [2.05, 4.69) is 19.8 Å². The first-order valence-electron chi connectivity index (χ1n) is 7.53. The topological polar surface area (TPSA) is 113 Å².